The lowest BCUT2D eigenvalue weighted by molar-refractivity contribution is 0.884. The molecule has 2 aromatic carbocycles. The standard InChI is InChI=1S/C15H11N3/c1-10-5-4-7-12-11-6-2-3-8-13(11)18-14(15(10)12)9-16-17-18/h2-9H,1H3. The summed E-state index contributed by atoms with van der Waals surface area (Å²) in [5.74, 6) is 0. The van der Waals surface area contributed by atoms with Crippen molar-refractivity contribution in [1.29, 1.82) is 0 Å². The van der Waals surface area contributed by atoms with Crippen LogP contribution in [0.1, 0.15) is 5.56 Å². The lowest BCUT2D eigenvalue weighted by Crippen LogP contribution is -1.93. The van der Waals surface area contributed by atoms with Crippen molar-refractivity contribution in [3.05, 3.63) is 54.2 Å². The number of benzene rings is 2. The van der Waals surface area contributed by atoms with Gasteiger partial charge in [-0.1, -0.05) is 41.6 Å². The first-order valence-corrected chi connectivity index (χ1v) is 5.97. The Kier molecular flexibility index (Phi) is 1.75. The zero-order chi connectivity index (χ0) is 12.1. The molecule has 0 N–H and O–H groups in total. The number of rotatable bonds is 0. The van der Waals surface area contributed by atoms with Gasteiger partial charge in [-0.3, -0.25) is 0 Å². The SMILES string of the molecule is Cc1cccc2c3ccccc3n3nncc3c12. The van der Waals surface area contributed by atoms with Gasteiger partial charge in [0.15, 0.2) is 0 Å². The van der Waals surface area contributed by atoms with Gasteiger partial charge < -0.3 is 0 Å². The molecule has 2 aromatic heterocycles. The Morgan fingerprint density at radius 2 is 1.72 bits per heavy atom. The fourth-order valence-electron chi connectivity index (χ4n) is 2.70. The molecule has 2 heterocycles. The third-order valence-corrected chi connectivity index (χ3v) is 3.50. The van der Waals surface area contributed by atoms with Crippen LogP contribution < -0.4 is 0 Å². The zero-order valence-corrected chi connectivity index (χ0v) is 9.96. The van der Waals surface area contributed by atoms with Gasteiger partial charge in [-0.05, 0) is 23.9 Å². The van der Waals surface area contributed by atoms with Gasteiger partial charge in [0.05, 0.1) is 17.2 Å². The lowest BCUT2D eigenvalue weighted by Gasteiger charge is -2.08. The second-order valence-corrected chi connectivity index (χ2v) is 4.55. The maximum Gasteiger partial charge on any atom is 0.0953 e. The fourth-order valence-corrected chi connectivity index (χ4v) is 2.70. The van der Waals surface area contributed by atoms with E-state index in [-0.39, 0.29) is 0 Å². The van der Waals surface area contributed by atoms with Gasteiger partial charge in [-0.2, -0.15) is 0 Å². The van der Waals surface area contributed by atoms with Crippen LogP contribution in [0.2, 0.25) is 0 Å². The highest BCUT2D eigenvalue weighted by atomic mass is 15.4. The molecule has 3 heteroatoms. The molecule has 0 aliphatic heterocycles. The van der Waals surface area contributed by atoms with Gasteiger partial charge in [-0.15, -0.1) is 5.10 Å². The number of fused-ring (bicyclic) bond motifs is 6. The summed E-state index contributed by atoms with van der Waals surface area (Å²) in [6.45, 7) is 2.13. The van der Waals surface area contributed by atoms with Gasteiger partial charge in [-0.25, -0.2) is 4.52 Å². The Hall–Kier alpha value is -2.42. The summed E-state index contributed by atoms with van der Waals surface area (Å²) in [6.07, 6.45) is 1.84. The van der Waals surface area contributed by atoms with E-state index < -0.39 is 0 Å². The van der Waals surface area contributed by atoms with Crippen LogP contribution >= 0.6 is 0 Å². The first-order chi connectivity index (χ1) is 8.86. The largest absolute Gasteiger partial charge is 0.212 e. The molecule has 4 rings (SSSR count). The van der Waals surface area contributed by atoms with Gasteiger partial charge >= 0.3 is 0 Å². The minimum absolute atomic E-state index is 1.07. The van der Waals surface area contributed by atoms with Gasteiger partial charge in [0, 0.05) is 10.8 Å². The molecule has 0 aliphatic rings. The van der Waals surface area contributed by atoms with E-state index in [0.29, 0.717) is 0 Å². The summed E-state index contributed by atoms with van der Waals surface area (Å²) in [6, 6.07) is 14.7. The first kappa shape index (κ1) is 9.59. The molecule has 0 amide bonds. The van der Waals surface area contributed by atoms with E-state index in [1.165, 1.54) is 21.7 Å². The molecule has 18 heavy (non-hydrogen) atoms. The number of pyridine rings is 1. The van der Waals surface area contributed by atoms with E-state index in [1.54, 1.807) is 0 Å². The van der Waals surface area contributed by atoms with Gasteiger partial charge in [0.1, 0.15) is 0 Å². The first-order valence-electron chi connectivity index (χ1n) is 5.97. The minimum Gasteiger partial charge on any atom is -0.212 e. The van der Waals surface area contributed by atoms with Crippen molar-refractivity contribution >= 4 is 27.2 Å². The monoisotopic (exact) mass is 233 g/mol. The summed E-state index contributed by atoms with van der Waals surface area (Å²) < 4.78 is 1.92. The van der Waals surface area contributed by atoms with Crippen LogP contribution in [0, 0.1) is 6.92 Å². The maximum atomic E-state index is 4.20. The predicted molar refractivity (Wildman–Crippen MR) is 72.7 cm³/mol. The van der Waals surface area contributed by atoms with E-state index in [2.05, 4.69) is 53.6 Å². The van der Waals surface area contributed by atoms with E-state index in [1.807, 2.05) is 16.8 Å². The summed E-state index contributed by atoms with van der Waals surface area (Å²) in [5.41, 5.74) is 3.43. The number of aromatic nitrogens is 3. The van der Waals surface area contributed by atoms with E-state index >= 15 is 0 Å². The fraction of sp³-hybridized carbons (Fsp3) is 0.0667. The highest BCUT2D eigenvalue weighted by Gasteiger charge is 2.10. The molecule has 0 bridgehead atoms. The van der Waals surface area contributed by atoms with Crippen LogP contribution in [0.3, 0.4) is 0 Å². The molecular formula is C15H11N3. The van der Waals surface area contributed by atoms with Crippen molar-refractivity contribution < 1.29 is 0 Å². The molecule has 0 fully saturated rings. The molecule has 86 valence electrons. The topological polar surface area (TPSA) is 30.2 Å². The van der Waals surface area contributed by atoms with Crippen LogP contribution in [0.15, 0.2) is 48.7 Å². The van der Waals surface area contributed by atoms with Crippen molar-refractivity contribution in [3.8, 4) is 0 Å². The van der Waals surface area contributed by atoms with E-state index in [0.717, 1.165) is 11.0 Å². The Morgan fingerprint density at radius 1 is 0.889 bits per heavy atom. The Morgan fingerprint density at radius 3 is 2.67 bits per heavy atom. The normalized spacial score (nSPS) is 11.6. The predicted octanol–water partition coefficient (Wildman–Crippen LogP) is 3.34. The van der Waals surface area contributed by atoms with Crippen LogP contribution in [0.25, 0.3) is 27.2 Å². The minimum atomic E-state index is 1.07. The average Bonchev–Trinajstić information content (AvgIpc) is 2.88. The molecule has 0 saturated carbocycles. The van der Waals surface area contributed by atoms with E-state index in [9.17, 15) is 0 Å². The van der Waals surface area contributed by atoms with Crippen molar-refractivity contribution in [3.63, 3.8) is 0 Å². The molecule has 3 nitrogen and oxygen atoms in total. The maximum absolute atomic E-state index is 4.20. The number of nitrogens with zero attached hydrogens (tertiary/aromatic N) is 3. The lowest BCUT2D eigenvalue weighted by atomic mass is 10.0. The number of aryl methyl sites for hydroxylation is 1. The summed E-state index contributed by atoms with van der Waals surface area (Å²) in [7, 11) is 0. The van der Waals surface area contributed by atoms with Crippen molar-refractivity contribution in [2.75, 3.05) is 0 Å². The summed E-state index contributed by atoms with van der Waals surface area (Å²) in [4.78, 5) is 0. The highest BCUT2D eigenvalue weighted by Crippen LogP contribution is 2.30. The van der Waals surface area contributed by atoms with Crippen LogP contribution in [0.4, 0.5) is 0 Å². The molecule has 0 radical (unpaired) electrons. The van der Waals surface area contributed by atoms with Crippen LogP contribution in [-0.4, -0.2) is 14.8 Å². The van der Waals surface area contributed by atoms with Crippen molar-refractivity contribution in [2.24, 2.45) is 0 Å². The third-order valence-electron chi connectivity index (χ3n) is 3.50. The summed E-state index contributed by atoms with van der Waals surface area (Å²) >= 11 is 0. The van der Waals surface area contributed by atoms with Crippen molar-refractivity contribution in [2.45, 2.75) is 6.92 Å². The molecular weight excluding hydrogens is 222 g/mol. The third kappa shape index (κ3) is 1.08. The second-order valence-electron chi connectivity index (χ2n) is 4.55. The Bertz CT molecular complexity index is 890. The van der Waals surface area contributed by atoms with E-state index in [4.69, 9.17) is 0 Å². The zero-order valence-electron chi connectivity index (χ0n) is 9.96. The number of hydrogen-bond donors (Lipinski definition) is 0. The Balaban J connectivity index is 2.49. The molecule has 0 spiro atoms. The Labute approximate surface area is 104 Å². The average molecular weight is 233 g/mol. The van der Waals surface area contributed by atoms with Crippen molar-refractivity contribution in [1.82, 2.24) is 14.8 Å². The van der Waals surface area contributed by atoms with Gasteiger partial charge in [0.2, 0.25) is 0 Å². The molecule has 0 aliphatic carbocycles. The molecule has 4 aromatic rings. The van der Waals surface area contributed by atoms with Crippen LogP contribution in [-0.2, 0) is 0 Å². The number of hydrogen-bond acceptors (Lipinski definition) is 2. The second kappa shape index (κ2) is 3.29. The molecule has 0 atom stereocenters. The number of para-hydroxylation sites is 1. The van der Waals surface area contributed by atoms with Crippen LogP contribution in [0.5, 0.6) is 0 Å². The highest BCUT2D eigenvalue weighted by molar-refractivity contribution is 6.13. The smallest absolute Gasteiger partial charge is 0.0953 e. The molecule has 0 saturated heterocycles. The van der Waals surface area contributed by atoms with Gasteiger partial charge in [0.25, 0.3) is 0 Å². The molecule has 0 unspecified atom stereocenters. The summed E-state index contributed by atoms with van der Waals surface area (Å²) in [5, 5.41) is 12.0. The quantitative estimate of drug-likeness (QED) is 0.436.